The second kappa shape index (κ2) is 8.87. The molecule has 3 aromatic rings. The lowest BCUT2D eigenvalue weighted by Crippen LogP contribution is -2.46. The molecule has 2 fully saturated rings. The third kappa shape index (κ3) is 4.33. The van der Waals surface area contributed by atoms with Crippen LogP contribution in [0.1, 0.15) is 10.4 Å². The van der Waals surface area contributed by atoms with Gasteiger partial charge in [-0.25, -0.2) is 13.9 Å². The van der Waals surface area contributed by atoms with E-state index in [1.54, 1.807) is 40.5 Å². The molecule has 2 aliphatic rings. The van der Waals surface area contributed by atoms with Crippen LogP contribution in [0.2, 0.25) is 0 Å². The van der Waals surface area contributed by atoms with Crippen molar-refractivity contribution in [2.75, 3.05) is 42.5 Å². The maximum Gasteiger partial charge on any atom is 0.414 e. The van der Waals surface area contributed by atoms with E-state index in [2.05, 4.69) is 38.5 Å². The number of carbonyl (C=O) groups is 1. The monoisotopic (exact) mass is 456 g/mol. The van der Waals surface area contributed by atoms with Crippen molar-refractivity contribution < 1.29 is 13.9 Å². The summed E-state index contributed by atoms with van der Waals surface area (Å²) in [6.07, 6.45) is 2.46. The minimum atomic E-state index is -0.472. The van der Waals surface area contributed by atoms with Crippen LogP contribution in [0, 0.1) is 12.7 Å². The highest BCUT2D eigenvalue weighted by atomic mass is 32.1. The number of benzene rings is 1. The van der Waals surface area contributed by atoms with E-state index < -0.39 is 6.09 Å². The number of hydrogen-bond donors (Lipinski definition) is 0. The Morgan fingerprint density at radius 2 is 2.06 bits per heavy atom. The van der Waals surface area contributed by atoms with Gasteiger partial charge in [0, 0.05) is 43.8 Å². The van der Waals surface area contributed by atoms with Crippen molar-refractivity contribution in [3.63, 3.8) is 0 Å². The van der Waals surface area contributed by atoms with Crippen LogP contribution < -0.4 is 9.80 Å². The molecule has 2 aliphatic heterocycles. The zero-order valence-corrected chi connectivity index (χ0v) is 18.7. The van der Waals surface area contributed by atoms with Crippen LogP contribution in [-0.4, -0.2) is 64.8 Å². The van der Waals surface area contributed by atoms with Crippen LogP contribution >= 0.6 is 11.3 Å². The highest BCUT2D eigenvalue weighted by Crippen LogP contribution is 2.29. The number of thiophene rings is 1. The maximum atomic E-state index is 15.0. The number of anilines is 2. The first kappa shape index (κ1) is 20.9. The SMILES string of the molecule is Cc1ccsc1CN1CCN(c2ccc(N3C[C@H](Cn4ccnn4)OC3=O)cc2F)CC1. The maximum absolute atomic E-state index is 15.0. The molecule has 0 N–H and O–H groups in total. The van der Waals surface area contributed by atoms with Gasteiger partial charge in [0.25, 0.3) is 0 Å². The quantitative estimate of drug-likeness (QED) is 0.568. The van der Waals surface area contributed by atoms with Gasteiger partial charge >= 0.3 is 6.09 Å². The largest absolute Gasteiger partial charge is 0.442 e. The molecule has 1 aromatic carbocycles. The second-order valence-electron chi connectivity index (χ2n) is 8.17. The predicted molar refractivity (Wildman–Crippen MR) is 121 cm³/mol. The van der Waals surface area contributed by atoms with Crippen molar-refractivity contribution in [1.29, 1.82) is 0 Å². The summed E-state index contributed by atoms with van der Waals surface area (Å²) in [6, 6.07) is 7.14. The standard InChI is InChI=1S/C22H25FN6O2S/c1-16-4-11-32-21(16)15-26-7-9-27(10-8-26)20-3-2-17(12-19(20)23)29-14-18(31-22(29)30)13-28-6-5-24-25-28/h2-6,11-12,18H,7-10,13-15H2,1H3/t18-/m0/s1. The zero-order valence-electron chi connectivity index (χ0n) is 17.9. The number of aromatic nitrogens is 3. The van der Waals surface area contributed by atoms with Gasteiger partial charge in [0.1, 0.15) is 11.9 Å². The molecule has 2 aromatic heterocycles. The lowest BCUT2D eigenvalue weighted by atomic mass is 10.2. The molecule has 32 heavy (non-hydrogen) atoms. The highest BCUT2D eigenvalue weighted by Gasteiger charge is 2.33. The van der Waals surface area contributed by atoms with Crippen molar-refractivity contribution in [3.8, 4) is 0 Å². The summed E-state index contributed by atoms with van der Waals surface area (Å²) in [5.41, 5.74) is 2.42. The summed E-state index contributed by atoms with van der Waals surface area (Å²) < 4.78 is 22.0. The second-order valence-corrected chi connectivity index (χ2v) is 9.17. The fourth-order valence-corrected chi connectivity index (χ4v) is 5.15. The molecular formula is C22H25FN6O2S. The Morgan fingerprint density at radius 1 is 1.22 bits per heavy atom. The molecule has 0 bridgehead atoms. The van der Waals surface area contributed by atoms with Gasteiger partial charge in [-0.1, -0.05) is 5.21 Å². The van der Waals surface area contributed by atoms with Crippen LogP contribution in [0.4, 0.5) is 20.6 Å². The van der Waals surface area contributed by atoms with Crippen LogP contribution in [-0.2, 0) is 17.8 Å². The molecule has 1 atom stereocenters. The van der Waals surface area contributed by atoms with Crippen molar-refractivity contribution in [1.82, 2.24) is 19.9 Å². The first-order chi connectivity index (χ1) is 15.6. The van der Waals surface area contributed by atoms with E-state index in [1.807, 2.05) is 0 Å². The molecule has 168 valence electrons. The molecule has 0 radical (unpaired) electrons. The van der Waals surface area contributed by atoms with Crippen LogP contribution in [0.15, 0.2) is 42.0 Å². The van der Waals surface area contributed by atoms with Gasteiger partial charge in [-0.2, -0.15) is 0 Å². The van der Waals surface area contributed by atoms with Crippen molar-refractivity contribution in [2.45, 2.75) is 26.1 Å². The molecular weight excluding hydrogens is 431 g/mol. The number of carbonyl (C=O) groups excluding carboxylic acids is 1. The van der Waals surface area contributed by atoms with E-state index in [9.17, 15) is 4.79 Å². The smallest absolute Gasteiger partial charge is 0.414 e. The molecule has 8 nitrogen and oxygen atoms in total. The fraction of sp³-hybridized carbons (Fsp3) is 0.409. The molecule has 0 aliphatic carbocycles. The number of halogens is 1. The average Bonchev–Trinajstić information content (AvgIpc) is 3.52. The first-order valence-corrected chi connectivity index (χ1v) is 11.6. The fourth-order valence-electron chi connectivity index (χ4n) is 4.20. The van der Waals surface area contributed by atoms with Crippen molar-refractivity contribution in [2.24, 2.45) is 0 Å². The Labute approximate surface area is 189 Å². The van der Waals surface area contributed by atoms with Gasteiger partial charge in [0.05, 0.1) is 30.7 Å². The highest BCUT2D eigenvalue weighted by molar-refractivity contribution is 7.10. The molecule has 4 heterocycles. The van der Waals surface area contributed by atoms with E-state index in [4.69, 9.17) is 4.74 Å². The van der Waals surface area contributed by atoms with Crippen molar-refractivity contribution >= 4 is 28.8 Å². The van der Waals surface area contributed by atoms with Gasteiger partial charge in [0.15, 0.2) is 0 Å². The summed E-state index contributed by atoms with van der Waals surface area (Å²) in [6.45, 7) is 7.18. The van der Waals surface area contributed by atoms with Crippen LogP contribution in [0.5, 0.6) is 0 Å². The number of amides is 1. The van der Waals surface area contributed by atoms with Gasteiger partial charge in [-0.15, -0.1) is 16.4 Å². The van der Waals surface area contributed by atoms with E-state index in [-0.39, 0.29) is 11.9 Å². The summed E-state index contributed by atoms with van der Waals surface area (Å²) in [7, 11) is 0. The van der Waals surface area contributed by atoms with Gasteiger partial charge in [-0.05, 0) is 42.1 Å². The van der Waals surface area contributed by atoms with Crippen molar-refractivity contribution in [3.05, 3.63) is 58.3 Å². The van der Waals surface area contributed by atoms with Crippen LogP contribution in [0.25, 0.3) is 0 Å². The van der Waals surface area contributed by atoms with E-state index >= 15 is 4.39 Å². The minimum Gasteiger partial charge on any atom is -0.442 e. The third-order valence-electron chi connectivity index (χ3n) is 6.03. The molecule has 0 saturated carbocycles. The summed E-state index contributed by atoms with van der Waals surface area (Å²) in [5.74, 6) is -0.322. The normalized spacial score (nSPS) is 19.6. The Hall–Kier alpha value is -2.98. The number of rotatable bonds is 6. The van der Waals surface area contributed by atoms with Gasteiger partial charge in [0.2, 0.25) is 0 Å². The number of ether oxygens (including phenoxy) is 1. The number of cyclic esters (lactones) is 1. The van der Waals surface area contributed by atoms with E-state index in [0.717, 1.165) is 32.7 Å². The predicted octanol–water partition coefficient (Wildman–Crippen LogP) is 3.13. The first-order valence-electron chi connectivity index (χ1n) is 10.7. The van der Waals surface area contributed by atoms with E-state index in [0.29, 0.717) is 24.5 Å². The Kier molecular flexibility index (Phi) is 5.79. The zero-order chi connectivity index (χ0) is 22.1. The molecule has 2 saturated heterocycles. The Balaban J connectivity index is 1.20. The summed E-state index contributed by atoms with van der Waals surface area (Å²) in [4.78, 5) is 19.7. The number of nitrogens with zero attached hydrogens (tertiary/aromatic N) is 6. The third-order valence-corrected chi connectivity index (χ3v) is 7.04. The minimum absolute atomic E-state index is 0.322. The van der Waals surface area contributed by atoms with Gasteiger partial charge < -0.3 is 9.64 Å². The lowest BCUT2D eigenvalue weighted by Gasteiger charge is -2.36. The lowest BCUT2D eigenvalue weighted by molar-refractivity contribution is 0.129. The molecule has 0 unspecified atom stereocenters. The molecule has 1 amide bonds. The number of piperazine rings is 1. The number of aryl methyl sites for hydroxylation is 1. The Bertz CT molecular complexity index is 1080. The molecule has 5 rings (SSSR count). The number of hydrogen-bond acceptors (Lipinski definition) is 7. The Morgan fingerprint density at radius 3 is 2.75 bits per heavy atom. The summed E-state index contributed by atoms with van der Waals surface area (Å²) >= 11 is 1.79. The van der Waals surface area contributed by atoms with Crippen LogP contribution in [0.3, 0.4) is 0 Å². The average molecular weight is 457 g/mol. The molecule has 10 heteroatoms. The molecule has 0 spiro atoms. The summed E-state index contributed by atoms with van der Waals surface area (Å²) in [5, 5.41) is 9.78. The topological polar surface area (TPSA) is 66.7 Å². The van der Waals surface area contributed by atoms with Gasteiger partial charge in [-0.3, -0.25) is 9.80 Å². The van der Waals surface area contributed by atoms with E-state index in [1.165, 1.54) is 21.4 Å².